The number of pyridine rings is 1. The van der Waals surface area contributed by atoms with Gasteiger partial charge in [-0.25, -0.2) is 13.9 Å². The van der Waals surface area contributed by atoms with Gasteiger partial charge < -0.3 is 14.3 Å². The molecule has 5 aromatic rings. The molecule has 30 heavy (non-hydrogen) atoms. The van der Waals surface area contributed by atoms with Crippen LogP contribution < -0.4 is 0 Å². The van der Waals surface area contributed by atoms with E-state index in [4.69, 9.17) is 4.42 Å². The second-order valence-electron chi connectivity index (χ2n) is 7.34. The highest BCUT2D eigenvalue weighted by molar-refractivity contribution is 6.01. The summed E-state index contributed by atoms with van der Waals surface area (Å²) in [5.74, 6) is 0.0414. The molecule has 0 bridgehead atoms. The number of fused-ring (bicyclic) bond motifs is 3. The van der Waals surface area contributed by atoms with Crippen LogP contribution in [0.2, 0.25) is 0 Å². The summed E-state index contributed by atoms with van der Waals surface area (Å²) >= 11 is 0. The summed E-state index contributed by atoms with van der Waals surface area (Å²) < 4.78 is 21.0. The molecule has 148 valence electrons. The summed E-state index contributed by atoms with van der Waals surface area (Å²) in [7, 11) is 0. The number of hydrogen-bond donors (Lipinski definition) is 1. The number of amides is 1. The molecular formula is C22H16FN5O2. The van der Waals surface area contributed by atoms with Crippen molar-refractivity contribution in [3.8, 4) is 0 Å². The molecule has 4 aromatic heterocycles. The van der Waals surface area contributed by atoms with Gasteiger partial charge in [0.1, 0.15) is 23.2 Å². The van der Waals surface area contributed by atoms with E-state index in [2.05, 4.69) is 15.1 Å². The van der Waals surface area contributed by atoms with Gasteiger partial charge in [-0.2, -0.15) is 5.10 Å². The zero-order valence-corrected chi connectivity index (χ0v) is 15.7. The molecule has 0 radical (unpaired) electrons. The lowest BCUT2D eigenvalue weighted by Gasteiger charge is -2.33. The van der Waals surface area contributed by atoms with E-state index >= 15 is 0 Å². The Morgan fingerprint density at radius 2 is 2.13 bits per heavy atom. The number of hydrogen-bond acceptors (Lipinski definition) is 4. The van der Waals surface area contributed by atoms with Crippen LogP contribution in [0.1, 0.15) is 33.5 Å². The van der Waals surface area contributed by atoms with Gasteiger partial charge in [0.25, 0.3) is 5.91 Å². The van der Waals surface area contributed by atoms with Gasteiger partial charge in [-0.15, -0.1) is 0 Å². The normalized spacial score (nSPS) is 16.3. The SMILES string of the molecule is O=C(c1cnn2cc(F)ccc12)N1CCc2[nH]cnc2[C@H]1c1cc2ccccc2o1. The fourth-order valence-corrected chi connectivity index (χ4v) is 4.20. The standard InChI is InChI=1S/C22H16FN5O2/c23-14-5-6-17-15(10-26-28(17)11-14)22(29)27-8-7-16-20(25-12-24-16)21(27)19-9-13-3-1-2-4-18(13)30-19/h1-6,9-12,21H,7-8H2,(H,24,25)/t21-/m1/s1. The molecule has 0 saturated heterocycles. The number of aromatic nitrogens is 4. The first-order chi connectivity index (χ1) is 14.7. The summed E-state index contributed by atoms with van der Waals surface area (Å²) in [6, 6.07) is 12.1. The molecule has 0 spiro atoms. The lowest BCUT2D eigenvalue weighted by molar-refractivity contribution is 0.0674. The summed E-state index contributed by atoms with van der Waals surface area (Å²) in [6.07, 6.45) is 5.04. The van der Waals surface area contributed by atoms with Gasteiger partial charge in [-0.05, 0) is 24.3 Å². The van der Waals surface area contributed by atoms with Gasteiger partial charge in [-0.3, -0.25) is 4.79 Å². The number of rotatable bonds is 2. The van der Waals surface area contributed by atoms with Crippen LogP contribution in [-0.4, -0.2) is 36.9 Å². The third-order valence-corrected chi connectivity index (χ3v) is 5.61. The molecule has 0 fully saturated rings. The molecule has 1 aromatic carbocycles. The number of nitrogens with zero attached hydrogens (tertiary/aromatic N) is 4. The van der Waals surface area contributed by atoms with Crippen LogP contribution in [0.5, 0.6) is 0 Å². The number of H-pyrrole nitrogens is 1. The summed E-state index contributed by atoms with van der Waals surface area (Å²) in [5.41, 5.74) is 3.49. The van der Waals surface area contributed by atoms with Gasteiger partial charge in [0.15, 0.2) is 0 Å². The van der Waals surface area contributed by atoms with Crippen molar-refractivity contribution in [2.75, 3.05) is 6.54 Å². The Morgan fingerprint density at radius 3 is 3.03 bits per heavy atom. The molecular weight excluding hydrogens is 385 g/mol. The molecule has 1 atom stereocenters. The van der Waals surface area contributed by atoms with Crippen LogP contribution in [0.3, 0.4) is 0 Å². The lowest BCUT2D eigenvalue weighted by atomic mass is 9.99. The number of nitrogens with one attached hydrogen (secondary N) is 1. The number of carbonyl (C=O) groups excluding carboxylic acids is 1. The van der Waals surface area contributed by atoms with Crippen molar-refractivity contribution in [3.63, 3.8) is 0 Å². The second kappa shape index (κ2) is 6.28. The zero-order valence-electron chi connectivity index (χ0n) is 15.7. The van der Waals surface area contributed by atoms with Crippen LogP contribution in [0.25, 0.3) is 16.5 Å². The highest BCUT2D eigenvalue weighted by atomic mass is 19.1. The molecule has 6 rings (SSSR count). The fourth-order valence-electron chi connectivity index (χ4n) is 4.20. The lowest BCUT2D eigenvalue weighted by Crippen LogP contribution is -2.40. The van der Waals surface area contributed by atoms with Gasteiger partial charge in [-0.1, -0.05) is 18.2 Å². The smallest absolute Gasteiger partial charge is 0.258 e. The maximum Gasteiger partial charge on any atom is 0.258 e. The molecule has 1 aliphatic heterocycles. The van der Waals surface area contributed by atoms with Crippen LogP contribution >= 0.6 is 0 Å². The first-order valence-corrected chi connectivity index (χ1v) is 9.63. The highest BCUT2D eigenvalue weighted by Gasteiger charge is 2.37. The monoisotopic (exact) mass is 401 g/mol. The van der Waals surface area contributed by atoms with E-state index in [0.717, 1.165) is 22.4 Å². The maximum absolute atomic E-state index is 13.6. The van der Waals surface area contributed by atoms with Crippen LogP contribution in [-0.2, 0) is 6.42 Å². The number of benzene rings is 1. The molecule has 7 nitrogen and oxygen atoms in total. The average molecular weight is 401 g/mol. The predicted molar refractivity (Wildman–Crippen MR) is 107 cm³/mol. The third-order valence-electron chi connectivity index (χ3n) is 5.61. The van der Waals surface area contributed by atoms with E-state index < -0.39 is 11.9 Å². The molecule has 0 aliphatic carbocycles. The molecule has 0 saturated carbocycles. The predicted octanol–water partition coefficient (Wildman–Crippen LogP) is 3.73. The second-order valence-corrected chi connectivity index (χ2v) is 7.34. The van der Waals surface area contributed by atoms with Crippen molar-refractivity contribution in [2.24, 2.45) is 0 Å². The Balaban J connectivity index is 1.48. The minimum absolute atomic E-state index is 0.198. The molecule has 8 heteroatoms. The van der Waals surface area contributed by atoms with Gasteiger partial charge in [0.05, 0.1) is 35.5 Å². The number of halogens is 1. The average Bonchev–Trinajstić information content (AvgIpc) is 3.49. The van der Waals surface area contributed by atoms with E-state index in [9.17, 15) is 9.18 Å². The molecule has 0 unspecified atom stereocenters. The summed E-state index contributed by atoms with van der Waals surface area (Å²) in [5, 5.41) is 5.11. The Morgan fingerprint density at radius 1 is 1.23 bits per heavy atom. The Kier molecular flexibility index (Phi) is 3.55. The van der Waals surface area contributed by atoms with Crippen LogP contribution in [0.4, 0.5) is 4.39 Å². The van der Waals surface area contributed by atoms with Crippen molar-refractivity contribution in [1.29, 1.82) is 0 Å². The molecule has 5 heterocycles. The van der Waals surface area contributed by atoms with Crippen molar-refractivity contribution in [1.82, 2.24) is 24.5 Å². The molecule has 1 N–H and O–H groups in total. The fraction of sp³-hybridized carbons (Fsp3) is 0.136. The van der Waals surface area contributed by atoms with Crippen molar-refractivity contribution in [3.05, 3.63) is 89.7 Å². The molecule has 1 amide bonds. The largest absolute Gasteiger partial charge is 0.458 e. The van der Waals surface area contributed by atoms with Gasteiger partial charge >= 0.3 is 0 Å². The Bertz CT molecular complexity index is 1380. The quantitative estimate of drug-likeness (QED) is 0.489. The number of furan rings is 1. The number of para-hydroxylation sites is 1. The minimum Gasteiger partial charge on any atom is -0.458 e. The third kappa shape index (κ3) is 2.46. The topological polar surface area (TPSA) is 79.4 Å². The van der Waals surface area contributed by atoms with E-state index in [0.29, 0.717) is 29.8 Å². The van der Waals surface area contributed by atoms with Crippen LogP contribution in [0.15, 0.2) is 65.6 Å². The van der Waals surface area contributed by atoms with Crippen LogP contribution in [0, 0.1) is 5.82 Å². The maximum atomic E-state index is 13.6. The number of carbonyl (C=O) groups is 1. The van der Waals surface area contributed by atoms with Crippen molar-refractivity contribution < 1.29 is 13.6 Å². The first-order valence-electron chi connectivity index (χ1n) is 9.63. The summed E-state index contributed by atoms with van der Waals surface area (Å²) in [4.78, 5) is 23.0. The minimum atomic E-state index is -0.463. The number of aromatic amines is 1. The first kappa shape index (κ1) is 17.0. The molecule has 1 aliphatic rings. The summed E-state index contributed by atoms with van der Waals surface area (Å²) in [6.45, 7) is 0.494. The number of imidazole rings is 1. The van der Waals surface area contributed by atoms with E-state index in [-0.39, 0.29) is 5.91 Å². The van der Waals surface area contributed by atoms with Gasteiger partial charge in [0.2, 0.25) is 0 Å². The Labute approximate surface area is 169 Å². The van der Waals surface area contributed by atoms with Crippen molar-refractivity contribution in [2.45, 2.75) is 12.5 Å². The van der Waals surface area contributed by atoms with E-state index in [1.54, 1.807) is 17.3 Å². The van der Waals surface area contributed by atoms with E-state index in [1.807, 2.05) is 30.3 Å². The highest BCUT2D eigenvalue weighted by Crippen LogP contribution is 2.37. The zero-order chi connectivity index (χ0) is 20.2. The van der Waals surface area contributed by atoms with E-state index in [1.165, 1.54) is 23.0 Å². The van der Waals surface area contributed by atoms with Gasteiger partial charge in [0, 0.05) is 24.0 Å². The Hall–Kier alpha value is -3.94. The van der Waals surface area contributed by atoms with Crippen molar-refractivity contribution >= 4 is 22.4 Å².